The second kappa shape index (κ2) is 11.3. The largest absolute Gasteiger partial charge is 0.324 e. The van der Waals surface area contributed by atoms with Crippen molar-refractivity contribution in [2.45, 2.75) is 48.9 Å². The van der Waals surface area contributed by atoms with Crippen LogP contribution >= 0.6 is 46.3 Å². The first-order valence-corrected chi connectivity index (χ1v) is 16.1. The van der Waals surface area contributed by atoms with Gasteiger partial charge in [-0.1, -0.05) is 110 Å². The predicted molar refractivity (Wildman–Crippen MR) is 173 cm³/mol. The number of thiazole rings is 1. The summed E-state index contributed by atoms with van der Waals surface area (Å²) in [6, 6.07) is 21.6. The highest BCUT2D eigenvalue weighted by Gasteiger charge is 2.56. The van der Waals surface area contributed by atoms with Crippen LogP contribution in [0.15, 0.2) is 82.6 Å². The van der Waals surface area contributed by atoms with Crippen LogP contribution in [0, 0.1) is 5.92 Å². The van der Waals surface area contributed by atoms with E-state index in [0.717, 1.165) is 22.5 Å². The summed E-state index contributed by atoms with van der Waals surface area (Å²) in [5.41, 5.74) is 2.84. The number of aromatic nitrogens is 1. The summed E-state index contributed by atoms with van der Waals surface area (Å²) in [7, 11) is 0. The number of halogens is 2. The van der Waals surface area contributed by atoms with Crippen molar-refractivity contribution in [2.24, 2.45) is 5.92 Å². The van der Waals surface area contributed by atoms with Crippen LogP contribution in [0.25, 0.3) is 0 Å². The smallest absolute Gasteiger partial charge is 0.308 e. The second-order valence-corrected chi connectivity index (χ2v) is 14.5. The summed E-state index contributed by atoms with van der Waals surface area (Å²) < 4.78 is 1.40. The summed E-state index contributed by atoms with van der Waals surface area (Å²) in [6.07, 6.45) is 0. The van der Waals surface area contributed by atoms with Gasteiger partial charge in [-0.05, 0) is 46.9 Å². The number of amides is 3. The Kier molecular flexibility index (Phi) is 7.79. The monoisotopic (exact) mass is 651 g/mol. The molecule has 4 aromatic rings. The van der Waals surface area contributed by atoms with Gasteiger partial charge in [0.1, 0.15) is 11.8 Å². The molecule has 220 valence electrons. The summed E-state index contributed by atoms with van der Waals surface area (Å²) in [4.78, 5) is 56.0. The molecule has 0 aliphatic carbocycles. The van der Waals surface area contributed by atoms with Crippen molar-refractivity contribution in [3.8, 4) is 0 Å². The first-order valence-electron chi connectivity index (χ1n) is 13.6. The maximum absolute atomic E-state index is 14.0. The number of carbonyl (C=O) groups is 3. The zero-order chi connectivity index (χ0) is 30.6. The van der Waals surface area contributed by atoms with Gasteiger partial charge in [0.25, 0.3) is 0 Å². The third-order valence-corrected chi connectivity index (χ3v) is 11.0. The Labute approximate surface area is 266 Å². The Bertz CT molecular complexity index is 1810. The average Bonchev–Trinajstić information content (AvgIpc) is 3.41. The molecule has 3 unspecified atom stereocenters. The van der Waals surface area contributed by atoms with Gasteiger partial charge < -0.3 is 5.32 Å². The number of nitrogens with one attached hydrogen (secondary N) is 1. The maximum atomic E-state index is 14.0. The van der Waals surface area contributed by atoms with Crippen LogP contribution in [0.2, 0.25) is 10.0 Å². The number of thioether (sulfide) groups is 1. The first-order chi connectivity index (χ1) is 20.4. The first kappa shape index (κ1) is 29.7. The van der Waals surface area contributed by atoms with Crippen molar-refractivity contribution in [2.75, 3.05) is 10.2 Å². The highest BCUT2D eigenvalue weighted by molar-refractivity contribution is 8.00. The molecule has 1 saturated heterocycles. The number of hydrogen-bond donors (Lipinski definition) is 1. The molecule has 3 amide bonds. The Morgan fingerprint density at radius 2 is 1.60 bits per heavy atom. The molecular weight excluding hydrogens is 625 g/mol. The van der Waals surface area contributed by atoms with E-state index in [4.69, 9.17) is 23.2 Å². The van der Waals surface area contributed by atoms with E-state index in [9.17, 15) is 19.2 Å². The summed E-state index contributed by atoms with van der Waals surface area (Å²) in [5, 5.41) is 3.18. The molecule has 7 nitrogen and oxygen atoms in total. The fourth-order valence-electron chi connectivity index (χ4n) is 5.55. The van der Waals surface area contributed by atoms with Crippen molar-refractivity contribution in [1.29, 1.82) is 0 Å². The summed E-state index contributed by atoms with van der Waals surface area (Å²) >= 11 is 14.3. The van der Waals surface area contributed by atoms with Crippen LogP contribution in [0.1, 0.15) is 42.7 Å². The number of hydrogen-bond acceptors (Lipinski definition) is 6. The summed E-state index contributed by atoms with van der Waals surface area (Å²) in [6.45, 7) is 6.10. The van der Waals surface area contributed by atoms with Gasteiger partial charge >= 0.3 is 4.87 Å². The highest BCUT2D eigenvalue weighted by Crippen LogP contribution is 2.54. The van der Waals surface area contributed by atoms with Gasteiger partial charge in [-0.25, -0.2) is 4.90 Å². The number of nitrogens with zero attached hydrogens (tertiary/aromatic N) is 2. The molecule has 1 aromatic heterocycles. The number of anilines is 2. The van der Waals surface area contributed by atoms with Crippen molar-refractivity contribution in [1.82, 2.24) is 4.57 Å². The molecule has 2 aliphatic heterocycles. The highest BCUT2D eigenvalue weighted by atomic mass is 35.5. The van der Waals surface area contributed by atoms with Gasteiger partial charge in [-0.3, -0.25) is 23.7 Å². The zero-order valence-corrected chi connectivity index (χ0v) is 26.6. The molecule has 3 atom stereocenters. The van der Waals surface area contributed by atoms with Crippen LogP contribution in [0.3, 0.4) is 0 Å². The predicted octanol–water partition coefficient (Wildman–Crippen LogP) is 6.95. The standard InChI is InChI=1S/C32H27Cl2N3O4S2/c1-32(2,3)18-11-9-17(10-12-18)24-25-26(29(40)37(28(25)39)20-7-5-4-6-8-20)42-30-27(24)43-31(41)36(30)16-23(38)35-19-13-14-21(33)22(34)15-19/h4-15,24-26H,16H2,1-3H3,(H,35,38). The molecule has 0 bridgehead atoms. The van der Waals surface area contributed by atoms with E-state index in [1.165, 1.54) is 27.3 Å². The number of para-hydroxylation sites is 1. The van der Waals surface area contributed by atoms with E-state index < -0.39 is 23.0 Å². The van der Waals surface area contributed by atoms with Crippen molar-refractivity contribution in [3.63, 3.8) is 0 Å². The number of imide groups is 1. The van der Waals surface area contributed by atoms with Gasteiger partial charge in [-0.2, -0.15) is 0 Å². The minimum absolute atomic E-state index is 0.0757. The molecule has 0 spiro atoms. The maximum Gasteiger partial charge on any atom is 0.308 e. The van der Waals surface area contributed by atoms with Crippen molar-refractivity contribution >= 4 is 75.4 Å². The van der Waals surface area contributed by atoms with Gasteiger partial charge in [0.15, 0.2) is 0 Å². The second-order valence-electron chi connectivity index (χ2n) is 11.6. The van der Waals surface area contributed by atoms with Crippen LogP contribution in [-0.4, -0.2) is 27.5 Å². The molecular formula is C32H27Cl2N3O4S2. The van der Waals surface area contributed by atoms with Crippen molar-refractivity contribution < 1.29 is 14.4 Å². The van der Waals surface area contributed by atoms with Crippen LogP contribution in [0.5, 0.6) is 0 Å². The molecule has 2 aliphatic rings. The lowest BCUT2D eigenvalue weighted by Gasteiger charge is -2.31. The molecule has 11 heteroatoms. The van der Waals surface area contributed by atoms with E-state index in [1.54, 1.807) is 36.4 Å². The Balaban J connectivity index is 1.41. The molecule has 1 fully saturated rings. The number of fused-ring (bicyclic) bond motifs is 2. The number of carbonyl (C=O) groups excluding carboxylic acids is 3. The van der Waals surface area contributed by atoms with Gasteiger partial charge in [-0.15, -0.1) is 0 Å². The SMILES string of the molecule is CC(C)(C)c1ccc(C2c3sc(=O)n(CC(=O)Nc4ccc(Cl)c(Cl)c4)c3SC3C(=O)N(c4ccccc4)C(=O)C32)cc1. The van der Waals surface area contributed by atoms with Gasteiger partial charge in [0.05, 0.1) is 26.7 Å². The third-order valence-electron chi connectivity index (χ3n) is 7.70. The lowest BCUT2D eigenvalue weighted by molar-refractivity contribution is -0.122. The lowest BCUT2D eigenvalue weighted by atomic mass is 9.81. The zero-order valence-electron chi connectivity index (χ0n) is 23.5. The molecule has 0 saturated carbocycles. The number of rotatable bonds is 5. The minimum atomic E-state index is -0.758. The quantitative estimate of drug-likeness (QED) is 0.236. The van der Waals surface area contributed by atoms with E-state index in [0.29, 0.717) is 31.3 Å². The lowest BCUT2D eigenvalue weighted by Crippen LogP contribution is -2.33. The summed E-state index contributed by atoms with van der Waals surface area (Å²) in [5.74, 6) is -2.30. The minimum Gasteiger partial charge on any atom is -0.324 e. The molecule has 1 N–H and O–H groups in total. The van der Waals surface area contributed by atoms with E-state index in [2.05, 4.69) is 26.1 Å². The fraction of sp³-hybridized carbons (Fsp3) is 0.250. The van der Waals surface area contributed by atoms with E-state index in [1.807, 2.05) is 30.3 Å². The topological polar surface area (TPSA) is 88.5 Å². The van der Waals surface area contributed by atoms with Crippen molar-refractivity contribution in [3.05, 3.63) is 109 Å². The average molecular weight is 653 g/mol. The van der Waals surface area contributed by atoms with Gasteiger partial charge in [0, 0.05) is 16.5 Å². The molecule has 0 radical (unpaired) electrons. The van der Waals surface area contributed by atoms with E-state index >= 15 is 0 Å². The third kappa shape index (κ3) is 5.44. The van der Waals surface area contributed by atoms with Crippen LogP contribution in [0.4, 0.5) is 11.4 Å². The molecule has 6 rings (SSSR count). The molecule has 3 aromatic carbocycles. The van der Waals surface area contributed by atoms with E-state index in [-0.39, 0.29) is 28.6 Å². The van der Waals surface area contributed by atoms with Crippen LogP contribution < -0.4 is 15.1 Å². The Hall–Kier alpha value is -3.37. The molecule has 3 heterocycles. The normalized spacial score (nSPS) is 19.7. The Morgan fingerprint density at radius 3 is 2.26 bits per heavy atom. The Morgan fingerprint density at radius 1 is 0.907 bits per heavy atom. The number of benzene rings is 3. The fourth-order valence-corrected chi connectivity index (χ4v) is 8.63. The molecule has 43 heavy (non-hydrogen) atoms. The van der Waals surface area contributed by atoms with Crippen LogP contribution in [-0.2, 0) is 26.3 Å². The van der Waals surface area contributed by atoms with Gasteiger partial charge in [0.2, 0.25) is 17.7 Å².